The number of carboxylic acid groups (broad SMARTS) is 1. The number of imidazole rings is 1. The highest BCUT2D eigenvalue weighted by Gasteiger charge is 2.21. The lowest BCUT2D eigenvalue weighted by Crippen LogP contribution is -2.43. The molecule has 0 bridgehead atoms. The van der Waals surface area contributed by atoms with E-state index >= 15 is 0 Å². The van der Waals surface area contributed by atoms with Gasteiger partial charge in [-0.15, -0.1) is 0 Å². The van der Waals surface area contributed by atoms with E-state index in [0.717, 1.165) is 17.2 Å². The maximum absolute atomic E-state index is 11.4. The minimum atomic E-state index is -0.851. The number of carboxylic acids is 1. The number of H-pyrrole nitrogens is 1. The largest absolute Gasteiger partial charge is 0.480 e. The van der Waals surface area contributed by atoms with Crippen LogP contribution in [-0.4, -0.2) is 59.9 Å². The van der Waals surface area contributed by atoms with Gasteiger partial charge in [-0.1, -0.05) is 12.1 Å². The van der Waals surface area contributed by atoms with E-state index in [2.05, 4.69) is 31.8 Å². The summed E-state index contributed by atoms with van der Waals surface area (Å²) < 4.78 is 0. The SMILES string of the molecule is CC(CN(CC(=O)O)Cc1ccccn1)N(Cc1ccccn1)Cc1ncc[nH]1. The van der Waals surface area contributed by atoms with Gasteiger partial charge in [0, 0.05) is 50.5 Å². The molecular formula is C21H26N6O2. The van der Waals surface area contributed by atoms with Crippen molar-refractivity contribution in [1.29, 1.82) is 0 Å². The van der Waals surface area contributed by atoms with Gasteiger partial charge in [0.15, 0.2) is 0 Å². The fourth-order valence-electron chi connectivity index (χ4n) is 3.23. The average molecular weight is 394 g/mol. The van der Waals surface area contributed by atoms with Gasteiger partial charge in [0.1, 0.15) is 5.82 Å². The highest BCUT2D eigenvalue weighted by molar-refractivity contribution is 5.69. The van der Waals surface area contributed by atoms with Crippen LogP contribution in [0.4, 0.5) is 0 Å². The van der Waals surface area contributed by atoms with Crippen molar-refractivity contribution in [2.24, 2.45) is 0 Å². The Hall–Kier alpha value is -3.10. The molecule has 152 valence electrons. The molecule has 2 N–H and O–H groups in total. The standard InChI is InChI=1S/C21H26N6O2/c1-17(12-26(16-21(28)29)13-18-6-2-4-8-22-18)27(15-20-24-10-11-25-20)14-19-7-3-5-9-23-19/h2-11,17H,12-16H2,1H3,(H,24,25)(H,28,29). The Labute approximate surface area is 170 Å². The molecule has 1 atom stereocenters. The van der Waals surface area contributed by atoms with E-state index in [4.69, 9.17) is 0 Å². The molecule has 0 aliphatic heterocycles. The Balaban J connectivity index is 1.72. The predicted octanol–water partition coefficient (Wildman–Crippen LogP) is 2.18. The van der Waals surface area contributed by atoms with Crippen molar-refractivity contribution in [3.63, 3.8) is 0 Å². The van der Waals surface area contributed by atoms with Crippen LogP contribution >= 0.6 is 0 Å². The first-order chi connectivity index (χ1) is 14.1. The Bertz CT molecular complexity index is 857. The molecule has 0 aromatic carbocycles. The maximum atomic E-state index is 11.4. The van der Waals surface area contributed by atoms with Crippen LogP contribution in [0.25, 0.3) is 0 Å². The van der Waals surface area contributed by atoms with Gasteiger partial charge in [-0.05, 0) is 31.2 Å². The normalized spacial score (nSPS) is 12.4. The third-order valence-corrected chi connectivity index (χ3v) is 4.62. The summed E-state index contributed by atoms with van der Waals surface area (Å²) in [5, 5.41) is 9.36. The number of hydrogen-bond acceptors (Lipinski definition) is 6. The minimum absolute atomic E-state index is 0.0426. The summed E-state index contributed by atoms with van der Waals surface area (Å²) in [5.74, 6) is 0.0118. The lowest BCUT2D eigenvalue weighted by Gasteiger charge is -2.32. The second-order valence-corrected chi connectivity index (χ2v) is 7.00. The predicted molar refractivity (Wildman–Crippen MR) is 109 cm³/mol. The van der Waals surface area contributed by atoms with Crippen LogP contribution in [0.3, 0.4) is 0 Å². The Morgan fingerprint density at radius 2 is 1.69 bits per heavy atom. The molecule has 0 radical (unpaired) electrons. The van der Waals surface area contributed by atoms with E-state index in [1.54, 1.807) is 24.8 Å². The summed E-state index contributed by atoms with van der Waals surface area (Å²) in [6.45, 7) is 4.38. The van der Waals surface area contributed by atoms with Gasteiger partial charge in [0.2, 0.25) is 0 Å². The highest BCUT2D eigenvalue weighted by atomic mass is 16.4. The van der Waals surface area contributed by atoms with Gasteiger partial charge < -0.3 is 10.1 Å². The van der Waals surface area contributed by atoms with Gasteiger partial charge >= 0.3 is 5.97 Å². The van der Waals surface area contributed by atoms with Crippen molar-refractivity contribution in [1.82, 2.24) is 29.7 Å². The highest BCUT2D eigenvalue weighted by Crippen LogP contribution is 2.13. The van der Waals surface area contributed by atoms with Crippen molar-refractivity contribution in [2.45, 2.75) is 32.6 Å². The van der Waals surface area contributed by atoms with Crippen molar-refractivity contribution in [3.05, 3.63) is 78.4 Å². The monoisotopic (exact) mass is 394 g/mol. The lowest BCUT2D eigenvalue weighted by molar-refractivity contribution is -0.138. The zero-order valence-electron chi connectivity index (χ0n) is 16.5. The molecule has 8 nitrogen and oxygen atoms in total. The van der Waals surface area contributed by atoms with Crippen molar-refractivity contribution < 1.29 is 9.90 Å². The van der Waals surface area contributed by atoms with Crippen LogP contribution in [0.2, 0.25) is 0 Å². The van der Waals surface area contributed by atoms with Gasteiger partial charge in [-0.2, -0.15) is 0 Å². The molecule has 3 aromatic heterocycles. The van der Waals surface area contributed by atoms with Crippen molar-refractivity contribution >= 4 is 5.97 Å². The number of aromatic nitrogens is 4. The van der Waals surface area contributed by atoms with E-state index in [0.29, 0.717) is 26.2 Å². The number of pyridine rings is 2. The number of carbonyl (C=O) groups is 1. The molecule has 0 fully saturated rings. The van der Waals surface area contributed by atoms with Gasteiger partial charge in [0.25, 0.3) is 0 Å². The third kappa shape index (κ3) is 6.78. The summed E-state index contributed by atoms with van der Waals surface area (Å²) >= 11 is 0. The zero-order chi connectivity index (χ0) is 20.5. The number of nitrogens with one attached hydrogen (secondary N) is 1. The van der Waals surface area contributed by atoms with Crippen molar-refractivity contribution in [3.8, 4) is 0 Å². The molecular weight excluding hydrogens is 368 g/mol. The molecule has 0 spiro atoms. The summed E-state index contributed by atoms with van der Waals surface area (Å²) in [7, 11) is 0. The molecule has 3 heterocycles. The third-order valence-electron chi connectivity index (χ3n) is 4.62. The molecule has 0 aliphatic carbocycles. The fraction of sp³-hybridized carbons (Fsp3) is 0.333. The first kappa shape index (κ1) is 20.6. The second kappa shape index (κ2) is 10.4. The molecule has 29 heavy (non-hydrogen) atoms. The molecule has 0 amide bonds. The first-order valence-corrected chi connectivity index (χ1v) is 9.56. The summed E-state index contributed by atoms with van der Waals surface area (Å²) in [4.78, 5) is 31.8. The molecule has 3 rings (SSSR count). The van der Waals surface area contributed by atoms with E-state index in [-0.39, 0.29) is 12.6 Å². The smallest absolute Gasteiger partial charge is 0.317 e. The van der Waals surface area contributed by atoms with Gasteiger partial charge in [-0.25, -0.2) is 4.98 Å². The van der Waals surface area contributed by atoms with Crippen LogP contribution in [0.15, 0.2) is 61.2 Å². The minimum Gasteiger partial charge on any atom is -0.480 e. The molecule has 1 unspecified atom stereocenters. The van der Waals surface area contributed by atoms with Crippen LogP contribution in [0.1, 0.15) is 24.1 Å². The number of rotatable bonds is 11. The zero-order valence-corrected chi connectivity index (χ0v) is 16.5. The van der Waals surface area contributed by atoms with E-state index in [9.17, 15) is 9.90 Å². The number of aromatic amines is 1. The topological polar surface area (TPSA) is 98.2 Å². The quantitative estimate of drug-likeness (QED) is 0.514. The number of nitrogens with zero attached hydrogens (tertiary/aromatic N) is 5. The van der Waals surface area contributed by atoms with Gasteiger partial charge in [-0.3, -0.25) is 24.6 Å². The maximum Gasteiger partial charge on any atom is 0.317 e. The molecule has 0 aliphatic rings. The van der Waals surface area contributed by atoms with Crippen LogP contribution in [0.5, 0.6) is 0 Å². The van der Waals surface area contributed by atoms with E-state index < -0.39 is 5.97 Å². The number of hydrogen-bond donors (Lipinski definition) is 2. The molecule has 0 saturated carbocycles. The average Bonchev–Trinajstić information content (AvgIpc) is 3.22. The Kier molecular flexibility index (Phi) is 7.43. The number of aliphatic carboxylic acids is 1. The first-order valence-electron chi connectivity index (χ1n) is 9.56. The van der Waals surface area contributed by atoms with Gasteiger partial charge in [0.05, 0.1) is 24.5 Å². The van der Waals surface area contributed by atoms with Crippen LogP contribution in [0, 0.1) is 0 Å². The second-order valence-electron chi connectivity index (χ2n) is 7.00. The fourth-order valence-corrected chi connectivity index (χ4v) is 3.23. The van der Waals surface area contributed by atoms with Crippen LogP contribution in [-0.2, 0) is 24.4 Å². The lowest BCUT2D eigenvalue weighted by atomic mass is 10.2. The van der Waals surface area contributed by atoms with Crippen molar-refractivity contribution in [2.75, 3.05) is 13.1 Å². The Morgan fingerprint density at radius 3 is 2.24 bits per heavy atom. The van der Waals surface area contributed by atoms with Crippen LogP contribution < -0.4 is 0 Å². The summed E-state index contributed by atoms with van der Waals surface area (Å²) in [5.41, 5.74) is 1.81. The summed E-state index contributed by atoms with van der Waals surface area (Å²) in [6.07, 6.45) is 7.04. The molecule has 3 aromatic rings. The van der Waals surface area contributed by atoms with E-state index in [1.165, 1.54) is 0 Å². The summed E-state index contributed by atoms with van der Waals surface area (Å²) in [6, 6.07) is 11.6. The van der Waals surface area contributed by atoms with E-state index in [1.807, 2.05) is 41.3 Å². The Morgan fingerprint density at radius 1 is 1.00 bits per heavy atom. The molecule has 0 saturated heterocycles. The molecule has 8 heteroatoms.